The largest absolute Gasteiger partial charge is 0.492 e. The summed E-state index contributed by atoms with van der Waals surface area (Å²) >= 11 is 0. The van der Waals surface area contributed by atoms with Gasteiger partial charge in [-0.2, -0.15) is 13.2 Å². The zero-order valence-electron chi connectivity index (χ0n) is 21.7. The van der Waals surface area contributed by atoms with Crippen molar-refractivity contribution in [3.05, 3.63) is 89.5 Å². The third kappa shape index (κ3) is 7.50. The van der Waals surface area contributed by atoms with Gasteiger partial charge in [0.1, 0.15) is 18.9 Å². The number of nitrogens with zero attached hydrogens (tertiary/aromatic N) is 1. The second-order valence-electron chi connectivity index (χ2n) is 9.85. The highest BCUT2D eigenvalue weighted by molar-refractivity contribution is 7.92. The predicted octanol–water partition coefficient (Wildman–Crippen LogP) is 5.70. The number of carbonyl (C=O) groups excluding carboxylic acids is 1. The number of sulfonamides is 1. The Kier molecular flexibility index (Phi) is 8.76. The van der Waals surface area contributed by atoms with Gasteiger partial charge in [-0.05, 0) is 60.4 Å². The summed E-state index contributed by atoms with van der Waals surface area (Å²) < 4.78 is 73.1. The second-order valence-corrected chi connectivity index (χ2v) is 11.7. The molecule has 0 fully saturated rings. The fourth-order valence-corrected chi connectivity index (χ4v) is 5.00. The van der Waals surface area contributed by atoms with Crippen LogP contribution in [0.25, 0.3) is 0 Å². The molecule has 10 heteroatoms. The van der Waals surface area contributed by atoms with Crippen LogP contribution in [0.3, 0.4) is 0 Å². The van der Waals surface area contributed by atoms with Crippen LogP contribution in [0, 0.1) is 6.92 Å². The van der Waals surface area contributed by atoms with Crippen molar-refractivity contribution in [2.45, 2.75) is 44.2 Å². The van der Waals surface area contributed by atoms with Gasteiger partial charge in [0.05, 0.1) is 22.7 Å². The molecular formula is C28H31F3N2O4S. The van der Waals surface area contributed by atoms with Gasteiger partial charge < -0.3 is 10.1 Å². The number of hydrogen-bond acceptors (Lipinski definition) is 4. The molecule has 204 valence electrons. The van der Waals surface area contributed by atoms with E-state index in [9.17, 15) is 26.4 Å². The Morgan fingerprint density at radius 2 is 1.55 bits per heavy atom. The maximum absolute atomic E-state index is 13.4. The number of hydrogen-bond donors (Lipinski definition) is 1. The monoisotopic (exact) mass is 548 g/mol. The zero-order valence-corrected chi connectivity index (χ0v) is 22.5. The molecule has 6 nitrogen and oxygen atoms in total. The SMILES string of the molecule is Cc1ccc(S(=O)(=O)N(CC(=O)NCCOc2ccc(C(C)(C)C)cc2)c2cccc(C(F)(F)F)c2)cc1. The molecule has 3 rings (SSSR count). The Morgan fingerprint density at radius 3 is 2.13 bits per heavy atom. The summed E-state index contributed by atoms with van der Waals surface area (Å²) in [5.41, 5.74) is 0.649. The lowest BCUT2D eigenvalue weighted by Gasteiger charge is -2.25. The highest BCUT2D eigenvalue weighted by Gasteiger charge is 2.33. The Bertz CT molecular complexity index is 1350. The predicted molar refractivity (Wildman–Crippen MR) is 141 cm³/mol. The first-order valence-electron chi connectivity index (χ1n) is 11.9. The molecular weight excluding hydrogens is 517 g/mol. The van der Waals surface area contributed by atoms with Gasteiger partial charge >= 0.3 is 6.18 Å². The number of anilines is 1. The van der Waals surface area contributed by atoms with Crippen LogP contribution in [0.4, 0.5) is 18.9 Å². The summed E-state index contributed by atoms with van der Waals surface area (Å²) in [5, 5.41) is 2.57. The van der Waals surface area contributed by atoms with Crippen LogP contribution in [0.15, 0.2) is 77.7 Å². The lowest BCUT2D eigenvalue weighted by atomic mass is 9.87. The topological polar surface area (TPSA) is 75.7 Å². The summed E-state index contributed by atoms with van der Waals surface area (Å²) in [6.07, 6.45) is -4.68. The fraction of sp³-hybridized carbons (Fsp3) is 0.321. The van der Waals surface area contributed by atoms with Crippen molar-refractivity contribution in [1.29, 1.82) is 0 Å². The van der Waals surface area contributed by atoms with Gasteiger partial charge in [-0.3, -0.25) is 9.10 Å². The molecule has 3 aromatic rings. The van der Waals surface area contributed by atoms with E-state index in [0.717, 1.165) is 23.3 Å². The van der Waals surface area contributed by atoms with Crippen molar-refractivity contribution in [3.8, 4) is 5.75 Å². The van der Waals surface area contributed by atoms with Gasteiger partial charge in [-0.15, -0.1) is 0 Å². The Balaban J connectivity index is 1.73. The minimum absolute atomic E-state index is 0.00306. The Hall–Kier alpha value is -3.53. The van der Waals surface area contributed by atoms with Crippen LogP contribution >= 0.6 is 0 Å². The fourth-order valence-electron chi connectivity index (χ4n) is 3.59. The molecule has 0 saturated carbocycles. The van der Waals surface area contributed by atoms with E-state index in [1.54, 1.807) is 19.1 Å². The molecule has 0 aliphatic carbocycles. The van der Waals surface area contributed by atoms with Crippen molar-refractivity contribution >= 4 is 21.6 Å². The average Bonchev–Trinajstić information content (AvgIpc) is 2.84. The molecule has 3 aromatic carbocycles. The van der Waals surface area contributed by atoms with Crippen LogP contribution in [-0.2, 0) is 26.4 Å². The number of carbonyl (C=O) groups is 1. The molecule has 0 heterocycles. The normalized spacial score (nSPS) is 12.2. The molecule has 0 aromatic heterocycles. The van der Waals surface area contributed by atoms with Crippen LogP contribution in [0.2, 0.25) is 0 Å². The molecule has 0 spiro atoms. The van der Waals surface area contributed by atoms with Gasteiger partial charge in [0.25, 0.3) is 10.0 Å². The zero-order chi connectivity index (χ0) is 28.1. The lowest BCUT2D eigenvalue weighted by molar-refractivity contribution is -0.137. The van der Waals surface area contributed by atoms with Crippen LogP contribution in [0.5, 0.6) is 5.75 Å². The minimum Gasteiger partial charge on any atom is -0.492 e. The molecule has 0 radical (unpaired) electrons. The maximum atomic E-state index is 13.4. The Labute approximate surface area is 221 Å². The molecule has 1 N–H and O–H groups in total. The van der Waals surface area contributed by atoms with E-state index >= 15 is 0 Å². The van der Waals surface area contributed by atoms with E-state index < -0.39 is 34.2 Å². The molecule has 0 aliphatic rings. The molecule has 38 heavy (non-hydrogen) atoms. The van der Waals surface area contributed by atoms with Gasteiger partial charge in [0.15, 0.2) is 0 Å². The average molecular weight is 549 g/mol. The van der Waals surface area contributed by atoms with Gasteiger partial charge in [-0.1, -0.05) is 56.7 Å². The van der Waals surface area contributed by atoms with E-state index in [-0.39, 0.29) is 29.1 Å². The number of alkyl halides is 3. The standard InChI is InChI=1S/C28H31F3N2O4S/c1-20-8-14-25(15-9-20)38(35,36)33(23-7-5-6-22(18-23)28(29,30)31)19-26(34)32-16-17-37-24-12-10-21(11-13-24)27(2,3)4/h5-15,18H,16-17,19H2,1-4H3,(H,32,34). The molecule has 0 atom stereocenters. The van der Waals surface area contributed by atoms with Crippen LogP contribution < -0.4 is 14.4 Å². The van der Waals surface area contributed by atoms with Crippen LogP contribution in [-0.4, -0.2) is 34.0 Å². The molecule has 1 amide bonds. The molecule has 0 saturated heterocycles. The summed E-state index contributed by atoms with van der Waals surface area (Å²) in [4.78, 5) is 12.6. The van der Waals surface area contributed by atoms with E-state index in [1.807, 2.05) is 24.3 Å². The first-order chi connectivity index (χ1) is 17.7. The first kappa shape index (κ1) is 29.0. The molecule has 0 unspecified atom stereocenters. The van der Waals surface area contributed by atoms with E-state index in [4.69, 9.17) is 4.74 Å². The van der Waals surface area contributed by atoms with Crippen LogP contribution in [0.1, 0.15) is 37.5 Å². The third-order valence-corrected chi connectivity index (χ3v) is 7.56. The number of aryl methyl sites for hydroxylation is 1. The minimum atomic E-state index is -4.68. The highest BCUT2D eigenvalue weighted by atomic mass is 32.2. The van der Waals surface area contributed by atoms with Crippen molar-refractivity contribution in [2.24, 2.45) is 0 Å². The van der Waals surface area contributed by atoms with E-state index in [1.165, 1.54) is 18.2 Å². The van der Waals surface area contributed by atoms with Crippen molar-refractivity contribution in [3.63, 3.8) is 0 Å². The molecule has 0 bridgehead atoms. The summed E-state index contributed by atoms with van der Waals surface area (Å²) in [5.74, 6) is -0.0791. The number of benzene rings is 3. The van der Waals surface area contributed by atoms with Gasteiger partial charge in [0, 0.05) is 0 Å². The van der Waals surface area contributed by atoms with Crippen molar-refractivity contribution in [1.82, 2.24) is 5.32 Å². The number of nitrogens with one attached hydrogen (secondary N) is 1. The quantitative estimate of drug-likeness (QED) is 0.348. The second kappa shape index (κ2) is 11.5. The van der Waals surface area contributed by atoms with Gasteiger partial charge in [-0.25, -0.2) is 8.42 Å². The van der Waals surface area contributed by atoms with Crippen molar-refractivity contribution < 1.29 is 31.1 Å². The highest BCUT2D eigenvalue weighted by Crippen LogP contribution is 2.33. The lowest BCUT2D eigenvalue weighted by Crippen LogP contribution is -2.42. The summed E-state index contributed by atoms with van der Waals surface area (Å²) in [6, 6.07) is 17.3. The Morgan fingerprint density at radius 1 is 0.921 bits per heavy atom. The number of amides is 1. The summed E-state index contributed by atoms with van der Waals surface area (Å²) in [6.45, 7) is 7.54. The smallest absolute Gasteiger partial charge is 0.416 e. The van der Waals surface area contributed by atoms with E-state index in [0.29, 0.717) is 16.1 Å². The van der Waals surface area contributed by atoms with Crippen molar-refractivity contribution in [2.75, 3.05) is 24.0 Å². The maximum Gasteiger partial charge on any atom is 0.416 e. The third-order valence-electron chi connectivity index (χ3n) is 5.77. The molecule has 0 aliphatic heterocycles. The number of rotatable bonds is 9. The number of ether oxygens (including phenoxy) is 1. The summed E-state index contributed by atoms with van der Waals surface area (Å²) in [7, 11) is -4.34. The first-order valence-corrected chi connectivity index (χ1v) is 13.4. The number of halogens is 3. The van der Waals surface area contributed by atoms with E-state index in [2.05, 4.69) is 26.1 Å². The van der Waals surface area contributed by atoms with Gasteiger partial charge in [0.2, 0.25) is 5.91 Å².